The van der Waals surface area contributed by atoms with Gasteiger partial charge >= 0.3 is 5.97 Å². The van der Waals surface area contributed by atoms with Crippen molar-refractivity contribution in [3.63, 3.8) is 0 Å². The maximum Gasteiger partial charge on any atom is 0.363 e. The van der Waals surface area contributed by atoms with E-state index in [9.17, 15) is 14.9 Å². The van der Waals surface area contributed by atoms with Crippen LogP contribution in [0.5, 0.6) is 0 Å². The number of esters is 1. The van der Waals surface area contributed by atoms with Gasteiger partial charge in [0.1, 0.15) is 0 Å². The Labute approximate surface area is 137 Å². The van der Waals surface area contributed by atoms with Gasteiger partial charge in [0.2, 0.25) is 5.90 Å². The molecule has 120 valence electrons. The third-order valence-electron chi connectivity index (χ3n) is 3.43. The lowest BCUT2D eigenvalue weighted by molar-refractivity contribution is -0.384. The van der Waals surface area contributed by atoms with Crippen LogP contribution in [0, 0.1) is 10.1 Å². The molecule has 0 saturated carbocycles. The van der Waals surface area contributed by atoms with Crippen LogP contribution >= 0.6 is 0 Å². The normalized spacial score (nSPS) is 15.8. The van der Waals surface area contributed by atoms with E-state index in [0.717, 1.165) is 11.3 Å². The predicted molar refractivity (Wildman–Crippen MR) is 89.0 cm³/mol. The number of non-ortho nitro benzene ring substituents is 1. The molecule has 0 unspecified atom stereocenters. The zero-order valence-corrected chi connectivity index (χ0v) is 12.7. The van der Waals surface area contributed by atoms with Gasteiger partial charge in [-0.25, -0.2) is 9.79 Å². The topological polar surface area (TPSA) is 86.7 Å². The number of aryl methyl sites for hydroxylation is 1. The van der Waals surface area contributed by atoms with Crippen LogP contribution in [0.2, 0.25) is 0 Å². The standard InChI is InChI=1S/C17H13N3O4/c1-19-10-2-3-14(19)11-15-17(21)24-16(18-15)9-6-12-4-7-13(8-5-12)20(22)23/h2-11H,1H3/b9-6+,15-11-. The van der Waals surface area contributed by atoms with Gasteiger partial charge in [0.25, 0.3) is 5.69 Å². The molecule has 0 aliphatic carbocycles. The van der Waals surface area contributed by atoms with Gasteiger partial charge in [0.05, 0.1) is 4.92 Å². The maximum absolute atomic E-state index is 11.8. The molecule has 7 heteroatoms. The smallest absolute Gasteiger partial charge is 0.363 e. The van der Waals surface area contributed by atoms with Gasteiger partial charge in [0.15, 0.2) is 5.70 Å². The summed E-state index contributed by atoms with van der Waals surface area (Å²) in [6.45, 7) is 0. The molecular weight excluding hydrogens is 310 g/mol. The zero-order chi connectivity index (χ0) is 17.1. The van der Waals surface area contributed by atoms with E-state index in [0.29, 0.717) is 0 Å². The fourth-order valence-electron chi connectivity index (χ4n) is 2.14. The Hall–Kier alpha value is -3.48. The number of carbonyl (C=O) groups excluding carboxylic acids is 1. The summed E-state index contributed by atoms with van der Waals surface area (Å²) in [5.41, 5.74) is 1.82. The third-order valence-corrected chi connectivity index (χ3v) is 3.43. The van der Waals surface area contributed by atoms with Crippen LogP contribution in [0.3, 0.4) is 0 Å². The highest BCUT2D eigenvalue weighted by atomic mass is 16.6. The highest BCUT2D eigenvalue weighted by Crippen LogP contribution is 2.17. The first kappa shape index (κ1) is 15.4. The minimum absolute atomic E-state index is 0.0181. The Bertz CT molecular complexity index is 889. The SMILES string of the molecule is Cn1cccc1/C=C1N=C(/C=C/c2ccc([N+](=O)[O-])cc2)OC\1=O. The second-order valence-corrected chi connectivity index (χ2v) is 5.10. The molecule has 2 heterocycles. The molecule has 0 fully saturated rings. The summed E-state index contributed by atoms with van der Waals surface area (Å²) in [5, 5.41) is 10.6. The zero-order valence-electron chi connectivity index (χ0n) is 12.7. The summed E-state index contributed by atoms with van der Waals surface area (Å²) in [6.07, 6.45) is 6.73. The number of aliphatic imine (C=N–C) groups is 1. The summed E-state index contributed by atoms with van der Waals surface area (Å²) in [7, 11) is 1.87. The van der Waals surface area contributed by atoms with Crippen molar-refractivity contribution in [3.8, 4) is 0 Å². The second kappa shape index (κ2) is 6.33. The van der Waals surface area contributed by atoms with Crippen LogP contribution in [-0.2, 0) is 16.6 Å². The van der Waals surface area contributed by atoms with E-state index >= 15 is 0 Å². The van der Waals surface area contributed by atoms with Crippen molar-refractivity contribution in [2.45, 2.75) is 0 Å². The Morgan fingerprint density at radius 3 is 2.58 bits per heavy atom. The van der Waals surface area contributed by atoms with Gasteiger partial charge < -0.3 is 9.30 Å². The molecule has 24 heavy (non-hydrogen) atoms. The molecule has 0 bridgehead atoms. The summed E-state index contributed by atoms with van der Waals surface area (Å²) in [6, 6.07) is 9.75. The first-order valence-electron chi connectivity index (χ1n) is 7.09. The fourth-order valence-corrected chi connectivity index (χ4v) is 2.14. The van der Waals surface area contributed by atoms with Crippen LogP contribution in [0.1, 0.15) is 11.3 Å². The van der Waals surface area contributed by atoms with E-state index < -0.39 is 10.9 Å². The van der Waals surface area contributed by atoms with Gasteiger partial charge in [0, 0.05) is 37.1 Å². The van der Waals surface area contributed by atoms with Gasteiger partial charge in [-0.05, 0) is 42.0 Å². The summed E-state index contributed by atoms with van der Waals surface area (Å²) >= 11 is 0. The second-order valence-electron chi connectivity index (χ2n) is 5.10. The Morgan fingerprint density at radius 2 is 1.96 bits per heavy atom. The van der Waals surface area contributed by atoms with Gasteiger partial charge in [-0.1, -0.05) is 0 Å². The lowest BCUT2D eigenvalue weighted by atomic mass is 10.2. The predicted octanol–water partition coefficient (Wildman–Crippen LogP) is 2.94. The number of hydrogen-bond donors (Lipinski definition) is 0. The van der Waals surface area contributed by atoms with E-state index in [2.05, 4.69) is 4.99 Å². The van der Waals surface area contributed by atoms with Crippen molar-refractivity contribution in [3.05, 3.63) is 75.7 Å². The lowest BCUT2D eigenvalue weighted by Gasteiger charge is -1.95. The number of cyclic esters (lactones) is 1. The first-order chi connectivity index (χ1) is 11.5. The van der Waals surface area contributed by atoms with Crippen LogP contribution in [0.25, 0.3) is 12.2 Å². The first-order valence-corrected chi connectivity index (χ1v) is 7.09. The number of nitro groups is 1. The van der Waals surface area contributed by atoms with E-state index in [-0.39, 0.29) is 17.3 Å². The van der Waals surface area contributed by atoms with Crippen molar-refractivity contribution in [1.29, 1.82) is 0 Å². The molecule has 1 aromatic heterocycles. The minimum atomic E-state index is -0.514. The van der Waals surface area contributed by atoms with Crippen molar-refractivity contribution < 1.29 is 14.5 Å². The number of ether oxygens (including phenoxy) is 1. The molecule has 0 radical (unpaired) electrons. The fraction of sp³-hybridized carbons (Fsp3) is 0.0588. The summed E-state index contributed by atoms with van der Waals surface area (Å²) in [4.78, 5) is 26.1. The van der Waals surface area contributed by atoms with Crippen LogP contribution in [0.15, 0.2) is 59.4 Å². The molecule has 2 aromatic rings. The number of benzene rings is 1. The molecule has 1 aliphatic rings. The molecular formula is C17H13N3O4. The highest BCUT2D eigenvalue weighted by molar-refractivity contribution is 6.11. The average Bonchev–Trinajstić information content (AvgIpc) is 3.12. The van der Waals surface area contributed by atoms with Crippen LogP contribution in [0.4, 0.5) is 5.69 Å². The number of nitrogens with zero attached hydrogens (tertiary/aromatic N) is 3. The highest BCUT2D eigenvalue weighted by Gasteiger charge is 2.21. The molecule has 0 N–H and O–H groups in total. The maximum atomic E-state index is 11.8. The van der Waals surface area contributed by atoms with E-state index in [4.69, 9.17) is 4.74 Å². The Morgan fingerprint density at radius 1 is 1.21 bits per heavy atom. The van der Waals surface area contributed by atoms with E-state index in [1.165, 1.54) is 12.1 Å². The van der Waals surface area contributed by atoms with E-state index in [1.807, 2.05) is 29.9 Å². The molecule has 3 rings (SSSR count). The van der Waals surface area contributed by atoms with Crippen molar-refractivity contribution in [2.75, 3.05) is 0 Å². The van der Waals surface area contributed by atoms with Crippen molar-refractivity contribution in [1.82, 2.24) is 4.57 Å². The van der Waals surface area contributed by atoms with Gasteiger partial charge in [-0.15, -0.1) is 0 Å². The number of rotatable bonds is 4. The average molecular weight is 323 g/mol. The molecule has 7 nitrogen and oxygen atoms in total. The van der Waals surface area contributed by atoms with Crippen molar-refractivity contribution in [2.24, 2.45) is 12.0 Å². The largest absolute Gasteiger partial charge is 0.403 e. The molecule has 0 saturated heterocycles. The molecule has 0 atom stereocenters. The van der Waals surface area contributed by atoms with Crippen LogP contribution < -0.4 is 0 Å². The molecule has 0 spiro atoms. The summed E-state index contributed by atoms with van der Waals surface area (Å²) < 4.78 is 6.95. The van der Waals surface area contributed by atoms with Crippen LogP contribution in [-0.4, -0.2) is 21.4 Å². The minimum Gasteiger partial charge on any atom is -0.403 e. The number of nitro benzene ring substituents is 1. The number of carbonyl (C=O) groups is 1. The van der Waals surface area contributed by atoms with E-state index in [1.54, 1.807) is 30.4 Å². The summed E-state index contributed by atoms with van der Waals surface area (Å²) in [5.74, 6) is -0.335. The molecule has 1 aliphatic heterocycles. The quantitative estimate of drug-likeness (QED) is 0.374. The van der Waals surface area contributed by atoms with Gasteiger partial charge in [-0.2, -0.15) is 0 Å². The molecule has 1 aromatic carbocycles. The lowest BCUT2D eigenvalue weighted by Crippen LogP contribution is -2.01. The Balaban J connectivity index is 1.77. The Kier molecular flexibility index (Phi) is 4.07. The van der Waals surface area contributed by atoms with Gasteiger partial charge in [-0.3, -0.25) is 10.1 Å². The number of hydrogen-bond acceptors (Lipinski definition) is 5. The van der Waals surface area contributed by atoms with Crippen molar-refractivity contribution >= 4 is 29.7 Å². The molecule has 0 amide bonds. The number of aromatic nitrogens is 1. The monoisotopic (exact) mass is 323 g/mol. The third kappa shape index (κ3) is 3.30.